The molecule has 0 aromatic heterocycles. The molecule has 4 nitrogen and oxygen atoms in total. The van der Waals surface area contributed by atoms with Crippen molar-refractivity contribution in [2.75, 3.05) is 13.2 Å². The summed E-state index contributed by atoms with van der Waals surface area (Å²) in [5.41, 5.74) is 2.04. The molecule has 0 aliphatic carbocycles. The molecule has 4 heteroatoms. The van der Waals surface area contributed by atoms with E-state index >= 15 is 0 Å². The number of benzene rings is 1. The summed E-state index contributed by atoms with van der Waals surface area (Å²) in [6.07, 6.45) is -0.592. The summed E-state index contributed by atoms with van der Waals surface area (Å²) in [6.45, 7) is 1.69. The maximum Gasteiger partial charge on any atom is 0.224 e. The van der Waals surface area contributed by atoms with E-state index in [-0.39, 0.29) is 19.1 Å². The molecule has 3 N–H and O–H groups in total. The van der Waals surface area contributed by atoms with Crippen molar-refractivity contribution in [2.24, 2.45) is 0 Å². The van der Waals surface area contributed by atoms with E-state index in [1.54, 1.807) is 0 Å². The van der Waals surface area contributed by atoms with Gasteiger partial charge in [-0.1, -0.05) is 24.3 Å². The van der Waals surface area contributed by atoms with Crippen LogP contribution in [0.2, 0.25) is 0 Å². The van der Waals surface area contributed by atoms with Gasteiger partial charge < -0.3 is 15.5 Å². The van der Waals surface area contributed by atoms with E-state index in [0.717, 1.165) is 11.1 Å². The quantitative estimate of drug-likeness (QED) is 0.658. The zero-order chi connectivity index (χ0) is 12.0. The Balaban J connectivity index is 2.43. The van der Waals surface area contributed by atoms with E-state index in [1.807, 2.05) is 31.2 Å². The minimum absolute atomic E-state index is 0.0845. The number of aliphatic hydroxyl groups excluding tert-OH is 2. The van der Waals surface area contributed by atoms with E-state index in [2.05, 4.69) is 5.32 Å². The average molecular weight is 223 g/mol. The first-order valence-electron chi connectivity index (χ1n) is 5.23. The second kappa shape index (κ2) is 6.25. The van der Waals surface area contributed by atoms with Crippen LogP contribution in [-0.4, -0.2) is 35.4 Å². The van der Waals surface area contributed by atoms with Gasteiger partial charge in [0.25, 0.3) is 0 Å². The van der Waals surface area contributed by atoms with Gasteiger partial charge in [0.05, 0.1) is 19.1 Å². The molecule has 0 saturated heterocycles. The second-order valence-electron chi connectivity index (χ2n) is 3.74. The molecule has 0 fully saturated rings. The third-order valence-corrected chi connectivity index (χ3v) is 2.36. The third-order valence-electron chi connectivity index (χ3n) is 2.36. The first-order chi connectivity index (χ1) is 7.63. The molecule has 0 aliphatic rings. The minimum atomic E-state index is -0.888. The van der Waals surface area contributed by atoms with Crippen molar-refractivity contribution in [3.05, 3.63) is 35.4 Å². The number of hydrogen-bond acceptors (Lipinski definition) is 3. The highest BCUT2D eigenvalue weighted by Gasteiger charge is 2.07. The maximum absolute atomic E-state index is 11.5. The molecular weight excluding hydrogens is 206 g/mol. The molecule has 0 radical (unpaired) electrons. The summed E-state index contributed by atoms with van der Waals surface area (Å²) in [4.78, 5) is 11.5. The number of nitrogens with one attached hydrogen (secondary N) is 1. The number of carbonyl (C=O) groups is 1. The summed E-state index contributed by atoms with van der Waals surface area (Å²) >= 11 is 0. The molecule has 1 rings (SSSR count). The van der Waals surface area contributed by atoms with Gasteiger partial charge in [0.2, 0.25) is 5.91 Å². The molecule has 1 aromatic rings. The van der Waals surface area contributed by atoms with Gasteiger partial charge in [-0.3, -0.25) is 4.79 Å². The normalized spacial score (nSPS) is 12.2. The third kappa shape index (κ3) is 4.00. The monoisotopic (exact) mass is 223 g/mol. The Bertz CT molecular complexity index is 352. The Hall–Kier alpha value is -1.39. The molecule has 1 amide bonds. The second-order valence-corrected chi connectivity index (χ2v) is 3.74. The van der Waals surface area contributed by atoms with E-state index in [9.17, 15) is 4.79 Å². The van der Waals surface area contributed by atoms with Crippen LogP contribution < -0.4 is 5.32 Å². The highest BCUT2D eigenvalue weighted by atomic mass is 16.3. The lowest BCUT2D eigenvalue weighted by Crippen LogP contribution is -2.34. The van der Waals surface area contributed by atoms with Crippen molar-refractivity contribution in [1.29, 1.82) is 0 Å². The summed E-state index contributed by atoms with van der Waals surface area (Å²) in [6, 6.07) is 7.66. The Kier molecular flexibility index (Phi) is 4.95. The van der Waals surface area contributed by atoms with Gasteiger partial charge in [0.15, 0.2) is 0 Å². The topological polar surface area (TPSA) is 69.6 Å². The molecule has 0 spiro atoms. The predicted molar refractivity (Wildman–Crippen MR) is 61.0 cm³/mol. The number of rotatable bonds is 5. The predicted octanol–water partition coefficient (Wildman–Crippen LogP) is 0.00692. The molecule has 0 aliphatic heterocycles. The van der Waals surface area contributed by atoms with E-state index in [4.69, 9.17) is 10.2 Å². The lowest BCUT2D eigenvalue weighted by atomic mass is 10.1. The maximum atomic E-state index is 11.5. The molecule has 0 saturated carbocycles. The van der Waals surface area contributed by atoms with Crippen molar-refractivity contribution in [3.8, 4) is 0 Å². The number of amides is 1. The fourth-order valence-electron chi connectivity index (χ4n) is 1.34. The van der Waals surface area contributed by atoms with Crippen LogP contribution in [0.1, 0.15) is 11.1 Å². The van der Waals surface area contributed by atoms with Crippen LogP contribution >= 0.6 is 0 Å². The first-order valence-corrected chi connectivity index (χ1v) is 5.23. The number of carbonyl (C=O) groups excluding carboxylic acids is 1. The van der Waals surface area contributed by atoms with Crippen LogP contribution in [0.15, 0.2) is 24.3 Å². The van der Waals surface area contributed by atoms with Crippen molar-refractivity contribution >= 4 is 5.91 Å². The highest BCUT2D eigenvalue weighted by Crippen LogP contribution is 2.07. The lowest BCUT2D eigenvalue weighted by molar-refractivity contribution is -0.121. The SMILES string of the molecule is Cc1ccccc1CC(=O)NCC(O)CO. The largest absolute Gasteiger partial charge is 0.394 e. The van der Waals surface area contributed by atoms with Crippen molar-refractivity contribution in [3.63, 3.8) is 0 Å². The van der Waals surface area contributed by atoms with Crippen molar-refractivity contribution in [2.45, 2.75) is 19.4 Å². The van der Waals surface area contributed by atoms with E-state index < -0.39 is 6.10 Å². The molecule has 1 aromatic carbocycles. The number of hydrogen-bond donors (Lipinski definition) is 3. The summed E-state index contributed by atoms with van der Waals surface area (Å²) in [5, 5.41) is 20.2. The fraction of sp³-hybridized carbons (Fsp3) is 0.417. The molecular formula is C12H17NO3. The van der Waals surface area contributed by atoms with Crippen LogP contribution in [0.4, 0.5) is 0 Å². The smallest absolute Gasteiger partial charge is 0.224 e. The van der Waals surface area contributed by atoms with Crippen LogP contribution in [0, 0.1) is 6.92 Å². The summed E-state index contributed by atoms with van der Waals surface area (Å²) < 4.78 is 0. The van der Waals surface area contributed by atoms with Crippen LogP contribution in [0.5, 0.6) is 0 Å². The van der Waals surface area contributed by atoms with Gasteiger partial charge >= 0.3 is 0 Å². The lowest BCUT2D eigenvalue weighted by Gasteiger charge is -2.09. The molecule has 0 bridgehead atoms. The van der Waals surface area contributed by atoms with E-state index in [1.165, 1.54) is 0 Å². The summed E-state index contributed by atoms with van der Waals surface area (Å²) in [5.74, 6) is -0.151. The standard InChI is InChI=1S/C12H17NO3/c1-9-4-2-3-5-10(9)6-12(16)13-7-11(15)8-14/h2-5,11,14-15H,6-8H2,1H3,(H,13,16). The summed E-state index contributed by atoms with van der Waals surface area (Å²) in [7, 11) is 0. The Labute approximate surface area is 94.9 Å². The van der Waals surface area contributed by atoms with Crippen molar-refractivity contribution < 1.29 is 15.0 Å². The van der Waals surface area contributed by atoms with Crippen LogP contribution in [0.3, 0.4) is 0 Å². The van der Waals surface area contributed by atoms with Gasteiger partial charge in [0, 0.05) is 6.54 Å². The highest BCUT2D eigenvalue weighted by molar-refractivity contribution is 5.78. The zero-order valence-corrected chi connectivity index (χ0v) is 9.31. The van der Waals surface area contributed by atoms with Crippen LogP contribution in [0.25, 0.3) is 0 Å². The molecule has 1 unspecified atom stereocenters. The fourth-order valence-corrected chi connectivity index (χ4v) is 1.34. The molecule has 88 valence electrons. The van der Waals surface area contributed by atoms with Gasteiger partial charge in [-0.25, -0.2) is 0 Å². The molecule has 16 heavy (non-hydrogen) atoms. The Morgan fingerprint density at radius 1 is 1.44 bits per heavy atom. The van der Waals surface area contributed by atoms with Gasteiger partial charge in [0.1, 0.15) is 0 Å². The number of aliphatic hydroxyl groups is 2. The zero-order valence-electron chi connectivity index (χ0n) is 9.31. The molecule has 0 heterocycles. The molecule has 1 atom stereocenters. The number of aryl methyl sites for hydroxylation is 1. The average Bonchev–Trinajstić information content (AvgIpc) is 2.29. The van der Waals surface area contributed by atoms with E-state index in [0.29, 0.717) is 6.42 Å². The van der Waals surface area contributed by atoms with Crippen molar-refractivity contribution in [1.82, 2.24) is 5.32 Å². The van der Waals surface area contributed by atoms with Crippen LogP contribution in [-0.2, 0) is 11.2 Å². The minimum Gasteiger partial charge on any atom is -0.394 e. The van der Waals surface area contributed by atoms with Gasteiger partial charge in [-0.2, -0.15) is 0 Å². The first kappa shape index (κ1) is 12.7. The van der Waals surface area contributed by atoms with Gasteiger partial charge in [-0.05, 0) is 18.1 Å². The Morgan fingerprint density at radius 2 is 2.12 bits per heavy atom. The van der Waals surface area contributed by atoms with Gasteiger partial charge in [-0.15, -0.1) is 0 Å². The Morgan fingerprint density at radius 3 is 2.75 bits per heavy atom.